The molecule has 31 heavy (non-hydrogen) atoms. The Bertz CT molecular complexity index is 862. The second kappa shape index (κ2) is 9.74. The van der Waals surface area contributed by atoms with Crippen molar-refractivity contribution in [2.45, 2.75) is 64.5 Å². The molecule has 1 N–H and O–H groups in total. The van der Waals surface area contributed by atoms with Gasteiger partial charge in [0.15, 0.2) is 0 Å². The van der Waals surface area contributed by atoms with Crippen molar-refractivity contribution in [3.63, 3.8) is 0 Å². The van der Waals surface area contributed by atoms with Gasteiger partial charge in [0.2, 0.25) is 0 Å². The molecular formula is C24H36N4O2S. The number of ether oxygens (including phenoxy) is 1. The Morgan fingerprint density at radius 2 is 1.90 bits per heavy atom. The number of piperazine rings is 1. The first-order valence-electron chi connectivity index (χ1n) is 11.7. The Morgan fingerprint density at radius 1 is 1.16 bits per heavy atom. The van der Waals surface area contributed by atoms with Crippen molar-refractivity contribution in [1.82, 2.24) is 15.2 Å². The summed E-state index contributed by atoms with van der Waals surface area (Å²) in [6, 6.07) is 4.57. The zero-order chi connectivity index (χ0) is 21.8. The first-order valence-corrected chi connectivity index (χ1v) is 12.5. The number of aromatic nitrogens is 1. The molecule has 0 aromatic carbocycles. The molecule has 0 bridgehead atoms. The van der Waals surface area contributed by atoms with Crippen molar-refractivity contribution in [2.24, 2.45) is 5.92 Å². The molecule has 3 heterocycles. The van der Waals surface area contributed by atoms with E-state index in [1.54, 1.807) is 11.3 Å². The normalized spacial score (nSPS) is 23.1. The van der Waals surface area contributed by atoms with Gasteiger partial charge in [0.05, 0.1) is 0 Å². The number of rotatable bonds is 5. The molecule has 170 valence electrons. The maximum atomic E-state index is 12.0. The molecule has 1 aliphatic carbocycles. The van der Waals surface area contributed by atoms with Crippen molar-refractivity contribution in [3.05, 3.63) is 23.7 Å². The molecule has 2 aliphatic rings. The van der Waals surface area contributed by atoms with E-state index in [1.165, 1.54) is 35.9 Å². The van der Waals surface area contributed by atoms with Crippen LogP contribution >= 0.6 is 11.3 Å². The minimum Gasteiger partial charge on any atom is -0.444 e. The third-order valence-electron chi connectivity index (χ3n) is 6.45. The van der Waals surface area contributed by atoms with Crippen LogP contribution in [-0.2, 0) is 4.74 Å². The summed E-state index contributed by atoms with van der Waals surface area (Å²) in [7, 11) is 0. The van der Waals surface area contributed by atoms with Crippen LogP contribution in [0, 0.1) is 5.92 Å². The fraction of sp³-hybridized carbons (Fsp3) is 0.667. The number of alkyl carbamates (subject to hydrolysis) is 1. The molecule has 1 aliphatic heterocycles. The van der Waals surface area contributed by atoms with Gasteiger partial charge in [0.1, 0.15) is 11.4 Å². The van der Waals surface area contributed by atoms with Crippen molar-refractivity contribution in [1.29, 1.82) is 0 Å². The van der Waals surface area contributed by atoms with Gasteiger partial charge in [-0.05, 0) is 82.9 Å². The number of anilines is 1. The molecule has 0 atom stereocenters. The molecule has 6 nitrogen and oxygen atoms in total. The van der Waals surface area contributed by atoms with Crippen LogP contribution in [0.5, 0.6) is 0 Å². The summed E-state index contributed by atoms with van der Waals surface area (Å²) in [5, 5.41) is 6.50. The molecule has 2 aromatic heterocycles. The number of hydrogen-bond acceptors (Lipinski definition) is 6. The topological polar surface area (TPSA) is 57.7 Å². The third-order valence-corrected chi connectivity index (χ3v) is 7.33. The van der Waals surface area contributed by atoms with Crippen molar-refractivity contribution in [2.75, 3.05) is 37.6 Å². The highest BCUT2D eigenvalue weighted by Gasteiger charge is 2.26. The number of thiophene rings is 1. The zero-order valence-corrected chi connectivity index (χ0v) is 19.9. The van der Waals surface area contributed by atoms with Crippen LogP contribution in [0.25, 0.3) is 10.1 Å². The molecule has 1 saturated heterocycles. The summed E-state index contributed by atoms with van der Waals surface area (Å²) < 4.78 is 6.71. The Labute approximate surface area is 190 Å². The summed E-state index contributed by atoms with van der Waals surface area (Å²) in [5.41, 5.74) is -0.433. The Morgan fingerprint density at radius 3 is 2.61 bits per heavy atom. The van der Waals surface area contributed by atoms with E-state index in [0.717, 1.165) is 50.8 Å². The highest BCUT2D eigenvalue weighted by Crippen LogP contribution is 2.30. The van der Waals surface area contributed by atoms with E-state index in [-0.39, 0.29) is 12.1 Å². The quantitative estimate of drug-likeness (QED) is 0.711. The lowest BCUT2D eigenvalue weighted by atomic mass is 9.84. The summed E-state index contributed by atoms with van der Waals surface area (Å²) >= 11 is 1.79. The number of carbonyl (C=O) groups is 1. The monoisotopic (exact) mass is 444 g/mol. The van der Waals surface area contributed by atoms with E-state index in [9.17, 15) is 4.79 Å². The van der Waals surface area contributed by atoms with Crippen molar-refractivity contribution < 1.29 is 9.53 Å². The fourth-order valence-electron chi connectivity index (χ4n) is 4.75. The third kappa shape index (κ3) is 6.10. The van der Waals surface area contributed by atoms with Crippen molar-refractivity contribution in [3.8, 4) is 0 Å². The Hall–Kier alpha value is -1.86. The van der Waals surface area contributed by atoms with E-state index in [0.29, 0.717) is 0 Å². The van der Waals surface area contributed by atoms with Crippen LogP contribution in [0.2, 0.25) is 0 Å². The zero-order valence-electron chi connectivity index (χ0n) is 19.1. The van der Waals surface area contributed by atoms with Gasteiger partial charge in [0.25, 0.3) is 0 Å². The molecular weight excluding hydrogens is 408 g/mol. The fourth-order valence-corrected chi connectivity index (χ4v) is 5.53. The van der Waals surface area contributed by atoms with Crippen LogP contribution < -0.4 is 10.2 Å². The average molecular weight is 445 g/mol. The number of amides is 1. The van der Waals surface area contributed by atoms with Crippen molar-refractivity contribution >= 4 is 33.3 Å². The molecule has 2 fully saturated rings. The van der Waals surface area contributed by atoms with E-state index < -0.39 is 5.60 Å². The first-order chi connectivity index (χ1) is 14.9. The minimum atomic E-state index is -0.433. The summed E-state index contributed by atoms with van der Waals surface area (Å²) in [6.07, 6.45) is 7.45. The molecule has 7 heteroatoms. The van der Waals surface area contributed by atoms with E-state index in [1.807, 2.05) is 27.0 Å². The van der Waals surface area contributed by atoms with Gasteiger partial charge in [0, 0.05) is 48.5 Å². The lowest BCUT2D eigenvalue weighted by Crippen LogP contribution is -2.47. The summed E-state index contributed by atoms with van der Waals surface area (Å²) in [5.74, 6) is 1.92. The molecule has 0 spiro atoms. The highest BCUT2D eigenvalue weighted by atomic mass is 32.1. The molecule has 2 aromatic rings. The average Bonchev–Trinajstić information content (AvgIpc) is 3.21. The standard InChI is InChI=1S/C24H36N4O2S/c1-24(2,3)30-23(29)26-19-6-4-18(5-7-19)9-12-27-13-15-28(16-14-27)22-20-10-17-31-21(20)8-11-25-22/h8,10-11,17-19H,4-7,9,12-16H2,1-3H3,(H,26,29)/t18-,19-. The molecule has 1 amide bonds. The number of nitrogens with one attached hydrogen (secondary N) is 1. The number of nitrogens with zero attached hydrogens (tertiary/aromatic N) is 3. The second-order valence-corrected chi connectivity index (χ2v) is 10.9. The van der Waals surface area contributed by atoms with E-state index in [2.05, 4.69) is 37.6 Å². The van der Waals surface area contributed by atoms with Gasteiger partial charge >= 0.3 is 6.09 Å². The van der Waals surface area contributed by atoms with Gasteiger partial charge in [-0.1, -0.05) is 0 Å². The number of fused-ring (bicyclic) bond motifs is 1. The largest absolute Gasteiger partial charge is 0.444 e. The highest BCUT2D eigenvalue weighted by molar-refractivity contribution is 7.17. The van der Waals surface area contributed by atoms with Gasteiger partial charge in [-0.3, -0.25) is 4.90 Å². The van der Waals surface area contributed by atoms with E-state index >= 15 is 0 Å². The Kier molecular flexibility index (Phi) is 7.02. The summed E-state index contributed by atoms with van der Waals surface area (Å²) in [6.45, 7) is 11.2. The van der Waals surface area contributed by atoms with Crippen LogP contribution in [-0.4, -0.2) is 60.3 Å². The van der Waals surface area contributed by atoms with Crippen LogP contribution in [0.15, 0.2) is 23.7 Å². The lowest BCUT2D eigenvalue weighted by Gasteiger charge is -2.37. The summed E-state index contributed by atoms with van der Waals surface area (Å²) in [4.78, 5) is 21.7. The van der Waals surface area contributed by atoms with Gasteiger partial charge < -0.3 is 15.0 Å². The lowest BCUT2D eigenvalue weighted by molar-refractivity contribution is 0.0486. The van der Waals surface area contributed by atoms with Gasteiger partial charge in [-0.2, -0.15) is 0 Å². The van der Waals surface area contributed by atoms with Crippen LogP contribution in [0.1, 0.15) is 52.9 Å². The molecule has 1 saturated carbocycles. The van der Waals surface area contributed by atoms with Crippen LogP contribution in [0.3, 0.4) is 0 Å². The smallest absolute Gasteiger partial charge is 0.407 e. The van der Waals surface area contributed by atoms with Crippen LogP contribution in [0.4, 0.5) is 10.6 Å². The SMILES string of the molecule is CC(C)(C)OC(=O)N[C@H]1CC[C@H](CCN2CCN(c3nccc4sccc34)CC2)CC1. The predicted octanol–water partition coefficient (Wildman–Crippen LogP) is 4.89. The maximum absolute atomic E-state index is 12.0. The number of hydrogen-bond donors (Lipinski definition) is 1. The maximum Gasteiger partial charge on any atom is 0.407 e. The number of pyridine rings is 1. The minimum absolute atomic E-state index is 0.266. The number of carbonyl (C=O) groups excluding carboxylic acids is 1. The molecule has 0 radical (unpaired) electrons. The first kappa shape index (κ1) is 22.3. The Balaban J connectivity index is 1.16. The van der Waals surface area contributed by atoms with Gasteiger partial charge in [-0.25, -0.2) is 9.78 Å². The molecule has 4 rings (SSSR count). The second-order valence-electron chi connectivity index (χ2n) is 9.95. The molecule has 0 unspecified atom stereocenters. The van der Waals surface area contributed by atoms with Gasteiger partial charge in [-0.15, -0.1) is 11.3 Å². The van der Waals surface area contributed by atoms with E-state index in [4.69, 9.17) is 4.74 Å². The predicted molar refractivity (Wildman–Crippen MR) is 128 cm³/mol.